The second-order valence-electron chi connectivity index (χ2n) is 11.3. The van der Waals surface area contributed by atoms with Crippen molar-refractivity contribution in [3.05, 3.63) is 28.4 Å². The molecule has 0 spiro atoms. The number of carbonyl (C=O) groups excluding carboxylic acids is 1. The van der Waals surface area contributed by atoms with Crippen LogP contribution in [0.15, 0.2) is 22.7 Å². The zero-order valence-corrected chi connectivity index (χ0v) is 23.0. The van der Waals surface area contributed by atoms with E-state index in [-0.39, 0.29) is 24.3 Å². The molecule has 2 aliphatic rings. The zero-order chi connectivity index (χ0) is 24.0. The van der Waals surface area contributed by atoms with Gasteiger partial charge in [-0.25, -0.2) is 9.48 Å². The van der Waals surface area contributed by atoms with Crippen LogP contribution in [-0.2, 0) is 16.2 Å². The number of nitrogens with one attached hydrogen (secondary N) is 2. The average molecular weight is 539 g/mol. The van der Waals surface area contributed by atoms with Crippen molar-refractivity contribution < 1.29 is 14.3 Å². The highest BCUT2D eigenvalue weighted by molar-refractivity contribution is 9.10. The molecule has 33 heavy (non-hydrogen) atoms. The molecule has 2 fully saturated rings. The summed E-state index contributed by atoms with van der Waals surface area (Å²) in [5, 5.41) is 13.3. The molecule has 1 aromatic carbocycles. The third-order valence-corrected chi connectivity index (χ3v) is 8.16. The first kappa shape index (κ1) is 24.7. The number of rotatable bonds is 6. The molecule has 0 radical (unpaired) electrons. The maximum atomic E-state index is 12.5. The van der Waals surface area contributed by atoms with Gasteiger partial charge < -0.3 is 14.4 Å². The van der Waals surface area contributed by atoms with Crippen LogP contribution in [0.2, 0.25) is 25.7 Å². The Kier molecular flexibility index (Phi) is 6.94. The smallest absolute Gasteiger partial charge is 0.410 e. The molecule has 10 heteroatoms. The molecule has 2 aromatic rings. The van der Waals surface area contributed by atoms with E-state index in [0.717, 1.165) is 33.7 Å². The number of ether oxygens (including phenoxy) is 2. The van der Waals surface area contributed by atoms with E-state index in [1.54, 1.807) is 4.90 Å². The summed E-state index contributed by atoms with van der Waals surface area (Å²) in [6.07, 6.45) is -0.334. The summed E-state index contributed by atoms with van der Waals surface area (Å²) in [5.41, 5.74) is 1.52. The van der Waals surface area contributed by atoms with Crippen LogP contribution in [0.1, 0.15) is 32.6 Å². The first-order chi connectivity index (χ1) is 15.4. The van der Waals surface area contributed by atoms with E-state index in [1.165, 1.54) is 0 Å². The monoisotopic (exact) mass is 537 g/mol. The number of hydrogen-bond donors (Lipinski definition) is 2. The number of fused-ring (bicyclic) bond motifs is 2. The van der Waals surface area contributed by atoms with E-state index >= 15 is 0 Å². The Labute approximate surface area is 205 Å². The second-order valence-corrected chi connectivity index (χ2v) is 17.8. The number of halogens is 1. The minimum absolute atomic E-state index is 0.0762. The highest BCUT2D eigenvalue weighted by Crippen LogP contribution is 2.30. The molecule has 2 N–H and O–H groups in total. The Morgan fingerprint density at radius 2 is 1.88 bits per heavy atom. The molecule has 3 heterocycles. The van der Waals surface area contributed by atoms with Crippen molar-refractivity contribution >= 4 is 41.0 Å². The first-order valence-corrected chi connectivity index (χ1v) is 16.1. The van der Waals surface area contributed by atoms with E-state index in [9.17, 15) is 4.79 Å². The standard InChI is InChI=1S/C23H36BrN5O3Si/c1-23(2,3)32-22(30)28-12-17-18(13-28)26-21(25-17)20-16-8-7-15(24)11-19(16)29(27-20)14-31-9-10-33(4,5)6/h7-8,11,17-18,21,25-26H,9-10,12-14H2,1-6H3. The lowest BCUT2D eigenvalue weighted by molar-refractivity contribution is 0.0282. The van der Waals surface area contributed by atoms with Crippen molar-refractivity contribution in [1.29, 1.82) is 0 Å². The second kappa shape index (κ2) is 9.29. The van der Waals surface area contributed by atoms with Gasteiger partial charge in [0.05, 0.1) is 5.52 Å². The first-order valence-electron chi connectivity index (χ1n) is 11.6. The van der Waals surface area contributed by atoms with Gasteiger partial charge in [-0.2, -0.15) is 5.10 Å². The molecule has 2 saturated heterocycles. The summed E-state index contributed by atoms with van der Waals surface area (Å²) < 4.78 is 14.5. The number of aromatic nitrogens is 2. The molecule has 2 aliphatic heterocycles. The maximum Gasteiger partial charge on any atom is 0.410 e. The van der Waals surface area contributed by atoms with Crippen LogP contribution in [0.4, 0.5) is 4.79 Å². The lowest BCUT2D eigenvalue weighted by atomic mass is 10.2. The molecule has 0 bridgehead atoms. The van der Waals surface area contributed by atoms with Gasteiger partial charge in [0.25, 0.3) is 0 Å². The van der Waals surface area contributed by atoms with E-state index in [1.807, 2.05) is 31.5 Å². The molecule has 1 aromatic heterocycles. The molecule has 4 rings (SSSR count). The Bertz CT molecular complexity index is 1000. The van der Waals surface area contributed by atoms with Gasteiger partial charge >= 0.3 is 6.09 Å². The quantitative estimate of drug-likeness (QED) is 0.422. The summed E-state index contributed by atoms with van der Waals surface area (Å²) in [6.45, 7) is 15.2. The SMILES string of the molecule is CC(C)(C)OC(=O)N1CC2NC(c3nn(COCC[Si](C)(C)C)c4cc(Br)ccc34)NC2C1. The van der Waals surface area contributed by atoms with Crippen molar-refractivity contribution in [2.45, 2.75) is 77.0 Å². The van der Waals surface area contributed by atoms with Crippen molar-refractivity contribution in [2.75, 3.05) is 19.7 Å². The van der Waals surface area contributed by atoms with E-state index in [2.05, 4.69) is 58.3 Å². The van der Waals surface area contributed by atoms with Gasteiger partial charge in [-0.05, 0) is 45.0 Å². The van der Waals surface area contributed by atoms with Gasteiger partial charge in [-0.3, -0.25) is 10.6 Å². The van der Waals surface area contributed by atoms with Crippen LogP contribution in [0, 0.1) is 0 Å². The van der Waals surface area contributed by atoms with Gasteiger partial charge in [0.15, 0.2) is 0 Å². The lowest BCUT2D eigenvalue weighted by Crippen LogP contribution is -2.40. The Balaban J connectivity index is 1.45. The number of carbonyl (C=O) groups is 1. The molecule has 2 atom stereocenters. The van der Waals surface area contributed by atoms with Crippen molar-refractivity contribution in [3.63, 3.8) is 0 Å². The van der Waals surface area contributed by atoms with Crippen molar-refractivity contribution in [1.82, 2.24) is 25.3 Å². The zero-order valence-electron chi connectivity index (χ0n) is 20.4. The predicted octanol–water partition coefficient (Wildman–Crippen LogP) is 4.29. The Morgan fingerprint density at radius 1 is 1.21 bits per heavy atom. The largest absolute Gasteiger partial charge is 0.444 e. The summed E-state index contributed by atoms with van der Waals surface area (Å²) in [6, 6.07) is 7.69. The average Bonchev–Trinajstić information content (AvgIpc) is 3.34. The van der Waals surface area contributed by atoms with Crippen LogP contribution in [-0.4, -0.2) is 66.2 Å². The number of nitrogens with zero attached hydrogens (tertiary/aromatic N) is 3. The maximum absolute atomic E-state index is 12.5. The van der Waals surface area contributed by atoms with Crippen molar-refractivity contribution in [3.8, 4) is 0 Å². The van der Waals surface area contributed by atoms with Crippen LogP contribution >= 0.6 is 15.9 Å². The summed E-state index contributed by atoms with van der Waals surface area (Å²) >= 11 is 3.59. The fourth-order valence-electron chi connectivity index (χ4n) is 4.27. The van der Waals surface area contributed by atoms with E-state index in [0.29, 0.717) is 19.8 Å². The molecule has 0 saturated carbocycles. The van der Waals surface area contributed by atoms with Gasteiger partial charge in [-0.15, -0.1) is 0 Å². The minimum atomic E-state index is -1.13. The number of hydrogen-bond acceptors (Lipinski definition) is 6. The van der Waals surface area contributed by atoms with Crippen LogP contribution < -0.4 is 10.6 Å². The number of likely N-dealkylation sites (tertiary alicyclic amines) is 1. The lowest BCUT2D eigenvalue weighted by Gasteiger charge is -2.25. The molecular formula is C23H36BrN5O3Si. The summed E-state index contributed by atoms with van der Waals surface area (Å²) in [4.78, 5) is 14.2. The van der Waals surface area contributed by atoms with Gasteiger partial charge in [-0.1, -0.05) is 35.6 Å². The molecule has 2 unspecified atom stereocenters. The summed E-state index contributed by atoms with van der Waals surface area (Å²) in [5.74, 6) is 0. The number of benzene rings is 1. The highest BCUT2D eigenvalue weighted by Gasteiger charge is 2.44. The predicted molar refractivity (Wildman–Crippen MR) is 136 cm³/mol. The van der Waals surface area contributed by atoms with Crippen LogP contribution in [0.3, 0.4) is 0 Å². The minimum Gasteiger partial charge on any atom is -0.444 e. The normalized spacial score (nSPS) is 23.4. The van der Waals surface area contributed by atoms with Gasteiger partial charge in [0.2, 0.25) is 0 Å². The Morgan fingerprint density at radius 3 is 2.48 bits per heavy atom. The fraction of sp³-hybridized carbons (Fsp3) is 0.652. The Hall–Kier alpha value is -1.46. The van der Waals surface area contributed by atoms with E-state index < -0.39 is 13.7 Å². The number of amides is 1. The topological polar surface area (TPSA) is 80.7 Å². The molecule has 8 nitrogen and oxygen atoms in total. The highest BCUT2D eigenvalue weighted by atomic mass is 79.9. The molecule has 1 amide bonds. The third-order valence-electron chi connectivity index (χ3n) is 5.96. The van der Waals surface area contributed by atoms with Gasteiger partial charge in [0.1, 0.15) is 24.2 Å². The summed E-state index contributed by atoms with van der Waals surface area (Å²) in [7, 11) is -1.13. The van der Waals surface area contributed by atoms with Crippen molar-refractivity contribution in [2.24, 2.45) is 0 Å². The molecule has 182 valence electrons. The third kappa shape index (κ3) is 5.97. The van der Waals surface area contributed by atoms with E-state index in [4.69, 9.17) is 14.6 Å². The molecular weight excluding hydrogens is 502 g/mol. The van der Waals surface area contributed by atoms with Crippen LogP contribution in [0.5, 0.6) is 0 Å². The van der Waals surface area contributed by atoms with Gasteiger partial charge in [0, 0.05) is 49.7 Å². The molecule has 0 aliphatic carbocycles. The van der Waals surface area contributed by atoms with Crippen LogP contribution in [0.25, 0.3) is 10.9 Å². The fourth-order valence-corrected chi connectivity index (χ4v) is 5.37.